The molecule has 1 aliphatic heterocycles. The van der Waals surface area contributed by atoms with Crippen molar-refractivity contribution < 1.29 is 9.72 Å². The third-order valence-corrected chi connectivity index (χ3v) is 4.15. The van der Waals surface area contributed by atoms with Gasteiger partial charge in [0.25, 0.3) is 11.6 Å². The number of non-ortho nitro benzene ring substituents is 1. The Labute approximate surface area is 150 Å². The fourth-order valence-corrected chi connectivity index (χ4v) is 2.82. The van der Waals surface area contributed by atoms with Crippen LogP contribution in [0.1, 0.15) is 23.2 Å². The van der Waals surface area contributed by atoms with Crippen LogP contribution in [0.25, 0.3) is 0 Å². The summed E-state index contributed by atoms with van der Waals surface area (Å²) in [5, 5.41) is 24.7. The number of rotatable bonds is 7. The predicted octanol–water partition coefficient (Wildman–Crippen LogP) is 1.83. The molecule has 1 fully saturated rings. The van der Waals surface area contributed by atoms with Gasteiger partial charge in [-0.2, -0.15) is 5.10 Å². The average Bonchev–Trinajstić information content (AvgIpc) is 3.20. The summed E-state index contributed by atoms with van der Waals surface area (Å²) in [7, 11) is 0. The molecule has 0 aliphatic carbocycles. The lowest BCUT2D eigenvalue weighted by Gasteiger charge is -2.17. The van der Waals surface area contributed by atoms with Crippen molar-refractivity contribution in [1.82, 2.24) is 15.5 Å². The largest absolute Gasteiger partial charge is 0.370 e. The number of carbonyl (C=O) groups excluding carboxylic acids is 1. The molecular weight excluding hydrogens is 336 g/mol. The molecule has 9 nitrogen and oxygen atoms in total. The van der Waals surface area contributed by atoms with Crippen LogP contribution in [0.15, 0.2) is 36.5 Å². The average molecular weight is 356 g/mol. The fourth-order valence-electron chi connectivity index (χ4n) is 2.82. The zero-order valence-electron chi connectivity index (χ0n) is 14.2. The maximum absolute atomic E-state index is 12.1. The van der Waals surface area contributed by atoms with Crippen molar-refractivity contribution in [1.29, 1.82) is 0 Å². The van der Waals surface area contributed by atoms with E-state index >= 15 is 0 Å². The third kappa shape index (κ3) is 4.44. The lowest BCUT2D eigenvalue weighted by atomic mass is 10.2. The first-order valence-corrected chi connectivity index (χ1v) is 8.48. The molecule has 136 valence electrons. The molecule has 9 heteroatoms. The fraction of sp³-hybridized carbons (Fsp3) is 0.353. The minimum atomic E-state index is -0.523. The SMILES string of the molecule is O=C(NCCNc1cc(N2CCCC2)cnn1)c1cccc([N+](=O)[O-])c1. The summed E-state index contributed by atoms with van der Waals surface area (Å²) in [6, 6.07) is 7.59. The van der Waals surface area contributed by atoms with E-state index in [0.29, 0.717) is 18.9 Å². The van der Waals surface area contributed by atoms with Crippen LogP contribution in [0.5, 0.6) is 0 Å². The van der Waals surface area contributed by atoms with Gasteiger partial charge in [0.15, 0.2) is 5.82 Å². The second-order valence-corrected chi connectivity index (χ2v) is 5.98. The maximum atomic E-state index is 12.1. The lowest BCUT2D eigenvalue weighted by Crippen LogP contribution is -2.29. The number of aromatic nitrogens is 2. The second-order valence-electron chi connectivity index (χ2n) is 5.98. The van der Waals surface area contributed by atoms with Crippen molar-refractivity contribution in [2.75, 3.05) is 36.4 Å². The summed E-state index contributed by atoms with van der Waals surface area (Å²) in [5.41, 5.74) is 1.19. The summed E-state index contributed by atoms with van der Waals surface area (Å²) < 4.78 is 0. The minimum Gasteiger partial charge on any atom is -0.370 e. The summed E-state index contributed by atoms with van der Waals surface area (Å²) >= 11 is 0. The van der Waals surface area contributed by atoms with Crippen LogP contribution in [0.4, 0.5) is 17.2 Å². The van der Waals surface area contributed by atoms with E-state index in [1.807, 2.05) is 6.07 Å². The number of nitrogens with zero attached hydrogens (tertiary/aromatic N) is 4. The molecule has 1 saturated heterocycles. The van der Waals surface area contributed by atoms with E-state index in [1.54, 1.807) is 12.3 Å². The van der Waals surface area contributed by atoms with Gasteiger partial charge < -0.3 is 15.5 Å². The predicted molar refractivity (Wildman–Crippen MR) is 97.4 cm³/mol. The molecule has 2 aromatic rings. The molecule has 1 aromatic carbocycles. The monoisotopic (exact) mass is 356 g/mol. The summed E-state index contributed by atoms with van der Waals surface area (Å²) in [4.78, 5) is 24.6. The molecular formula is C17H20N6O3. The number of hydrogen-bond acceptors (Lipinski definition) is 7. The topological polar surface area (TPSA) is 113 Å². The number of nitrogens with one attached hydrogen (secondary N) is 2. The van der Waals surface area contributed by atoms with E-state index in [-0.39, 0.29) is 17.2 Å². The molecule has 2 N–H and O–H groups in total. The first-order chi connectivity index (χ1) is 12.6. The molecule has 0 radical (unpaired) electrons. The number of nitro benzene ring substituents is 1. The number of nitro groups is 1. The van der Waals surface area contributed by atoms with E-state index in [1.165, 1.54) is 31.0 Å². The molecule has 0 saturated carbocycles. The molecule has 26 heavy (non-hydrogen) atoms. The summed E-state index contributed by atoms with van der Waals surface area (Å²) in [6.07, 6.45) is 4.13. The molecule has 0 atom stereocenters. The van der Waals surface area contributed by atoms with E-state index in [9.17, 15) is 14.9 Å². The molecule has 1 aromatic heterocycles. The van der Waals surface area contributed by atoms with Crippen molar-refractivity contribution in [3.05, 3.63) is 52.2 Å². The van der Waals surface area contributed by atoms with Crippen molar-refractivity contribution in [3.63, 3.8) is 0 Å². The first-order valence-electron chi connectivity index (χ1n) is 8.48. The zero-order valence-corrected chi connectivity index (χ0v) is 14.2. The van der Waals surface area contributed by atoms with Gasteiger partial charge in [0, 0.05) is 49.9 Å². The highest BCUT2D eigenvalue weighted by atomic mass is 16.6. The lowest BCUT2D eigenvalue weighted by molar-refractivity contribution is -0.384. The van der Waals surface area contributed by atoms with Crippen molar-refractivity contribution in [3.8, 4) is 0 Å². The third-order valence-electron chi connectivity index (χ3n) is 4.15. The van der Waals surface area contributed by atoms with Gasteiger partial charge >= 0.3 is 0 Å². The summed E-state index contributed by atoms with van der Waals surface area (Å²) in [5.74, 6) is 0.298. The number of anilines is 2. The Morgan fingerprint density at radius 3 is 2.81 bits per heavy atom. The van der Waals surface area contributed by atoms with E-state index in [2.05, 4.69) is 25.7 Å². The molecule has 2 heterocycles. The number of benzene rings is 1. The molecule has 0 unspecified atom stereocenters. The minimum absolute atomic E-state index is 0.107. The number of carbonyl (C=O) groups is 1. The van der Waals surface area contributed by atoms with Crippen LogP contribution < -0.4 is 15.5 Å². The van der Waals surface area contributed by atoms with Gasteiger partial charge in [0.2, 0.25) is 0 Å². The normalized spacial score (nSPS) is 13.5. The van der Waals surface area contributed by atoms with Crippen LogP contribution in [0.2, 0.25) is 0 Å². The van der Waals surface area contributed by atoms with Crippen LogP contribution >= 0.6 is 0 Å². The Balaban J connectivity index is 1.48. The molecule has 1 aliphatic rings. The van der Waals surface area contributed by atoms with Gasteiger partial charge in [-0.25, -0.2) is 0 Å². The van der Waals surface area contributed by atoms with Crippen LogP contribution in [-0.4, -0.2) is 47.2 Å². The molecule has 3 rings (SSSR count). The van der Waals surface area contributed by atoms with E-state index < -0.39 is 4.92 Å². The number of amides is 1. The Kier molecular flexibility index (Phi) is 5.57. The Morgan fingerprint density at radius 2 is 2.04 bits per heavy atom. The Bertz CT molecular complexity index is 792. The highest BCUT2D eigenvalue weighted by Gasteiger charge is 2.13. The zero-order chi connectivity index (χ0) is 18.4. The highest BCUT2D eigenvalue weighted by molar-refractivity contribution is 5.94. The van der Waals surface area contributed by atoms with Gasteiger partial charge in [-0.05, 0) is 18.9 Å². The summed E-state index contributed by atoms with van der Waals surface area (Å²) in [6.45, 7) is 2.89. The van der Waals surface area contributed by atoms with Crippen LogP contribution in [0, 0.1) is 10.1 Å². The Morgan fingerprint density at radius 1 is 1.23 bits per heavy atom. The smallest absolute Gasteiger partial charge is 0.270 e. The first kappa shape index (κ1) is 17.6. The maximum Gasteiger partial charge on any atom is 0.270 e. The molecule has 1 amide bonds. The van der Waals surface area contributed by atoms with Crippen LogP contribution in [0.3, 0.4) is 0 Å². The van der Waals surface area contributed by atoms with Gasteiger partial charge in [-0.3, -0.25) is 14.9 Å². The van der Waals surface area contributed by atoms with E-state index in [0.717, 1.165) is 18.8 Å². The quantitative estimate of drug-likeness (QED) is 0.442. The number of hydrogen-bond donors (Lipinski definition) is 2. The van der Waals surface area contributed by atoms with Gasteiger partial charge in [0.05, 0.1) is 16.8 Å². The molecule has 0 spiro atoms. The molecule has 0 bridgehead atoms. The standard InChI is InChI=1S/C17H20N6O3/c24-17(13-4-3-5-14(10-13)23(25)26)19-7-6-18-16-11-15(12-20-21-16)22-8-1-2-9-22/h3-5,10-12H,1-2,6-9H2,(H,18,21)(H,19,24). The van der Waals surface area contributed by atoms with Crippen LogP contribution in [-0.2, 0) is 0 Å². The van der Waals surface area contributed by atoms with Crippen molar-refractivity contribution in [2.45, 2.75) is 12.8 Å². The highest BCUT2D eigenvalue weighted by Crippen LogP contribution is 2.20. The second kappa shape index (κ2) is 8.24. The van der Waals surface area contributed by atoms with Gasteiger partial charge in [0.1, 0.15) is 0 Å². The van der Waals surface area contributed by atoms with E-state index in [4.69, 9.17) is 0 Å². The Hall–Kier alpha value is -3.23. The van der Waals surface area contributed by atoms with Crippen molar-refractivity contribution in [2.24, 2.45) is 0 Å². The van der Waals surface area contributed by atoms with Crippen molar-refractivity contribution >= 4 is 23.1 Å². The van der Waals surface area contributed by atoms with Gasteiger partial charge in [-0.1, -0.05) is 6.07 Å². The van der Waals surface area contributed by atoms with Gasteiger partial charge in [-0.15, -0.1) is 5.10 Å².